The fourth-order valence-corrected chi connectivity index (χ4v) is 4.46. The summed E-state index contributed by atoms with van der Waals surface area (Å²) in [5.74, 6) is -0.571. The summed E-state index contributed by atoms with van der Waals surface area (Å²) in [6, 6.07) is 11.6. The molecule has 0 amide bonds. The number of nitrogens with one attached hydrogen (secondary N) is 1. The van der Waals surface area contributed by atoms with Crippen LogP contribution in [0.25, 0.3) is 0 Å². The largest absolute Gasteiger partial charge is 0.456 e. The summed E-state index contributed by atoms with van der Waals surface area (Å²) in [6.45, 7) is 7.20. The van der Waals surface area contributed by atoms with Crippen LogP contribution >= 0.6 is 11.6 Å². The molecule has 5 nitrogen and oxygen atoms in total. The van der Waals surface area contributed by atoms with Gasteiger partial charge < -0.3 is 4.74 Å². The lowest BCUT2D eigenvalue weighted by atomic mass is 10.1. The molecule has 2 rings (SSSR count). The number of hydrogen-bond acceptors (Lipinski definition) is 4. The van der Waals surface area contributed by atoms with E-state index in [9.17, 15) is 13.2 Å². The zero-order valence-corrected chi connectivity index (χ0v) is 18.8. The maximum atomic E-state index is 13.1. The zero-order chi connectivity index (χ0) is 21.1. The van der Waals surface area contributed by atoms with Crippen molar-refractivity contribution in [3.8, 4) is 0 Å². The Labute approximate surface area is 175 Å². The molecule has 0 aliphatic carbocycles. The van der Waals surface area contributed by atoms with Crippen LogP contribution in [0.4, 0.5) is 0 Å². The number of hydrogen-bond donors (Lipinski definition) is 1. The van der Waals surface area contributed by atoms with Gasteiger partial charge in [0, 0.05) is 22.2 Å². The summed E-state index contributed by atoms with van der Waals surface area (Å²) in [5, 5.41) is 0.365. The molecule has 0 spiro atoms. The molecule has 0 aliphatic rings. The molecule has 152 valence electrons. The van der Waals surface area contributed by atoms with E-state index in [4.69, 9.17) is 16.3 Å². The second-order valence-electron chi connectivity index (χ2n) is 7.27. The standard InChI is InChI=1S/C20H24ClNO4S2/c1-13(22-27(5)24)14-6-9-16(10-7-14)28(25)18-11-8-15(21)12-17(18)19(23)26-20(2,3)4/h6-13,22H,1-5H3/t13-,27?,28?/m0/s1. The minimum absolute atomic E-state index is 0.110. The van der Waals surface area contributed by atoms with Crippen molar-refractivity contribution < 1.29 is 17.9 Å². The van der Waals surface area contributed by atoms with E-state index < -0.39 is 33.4 Å². The van der Waals surface area contributed by atoms with E-state index >= 15 is 0 Å². The smallest absolute Gasteiger partial charge is 0.339 e. The van der Waals surface area contributed by atoms with Gasteiger partial charge in [0.1, 0.15) is 5.60 Å². The molecule has 0 radical (unpaired) electrons. The van der Waals surface area contributed by atoms with Gasteiger partial charge in [0.2, 0.25) is 0 Å². The minimum Gasteiger partial charge on any atom is -0.456 e. The average molecular weight is 442 g/mol. The molecular formula is C20H24ClNO4S2. The van der Waals surface area contributed by atoms with Gasteiger partial charge in [-0.05, 0) is 63.6 Å². The van der Waals surface area contributed by atoms with Gasteiger partial charge in [-0.25, -0.2) is 17.9 Å². The van der Waals surface area contributed by atoms with E-state index in [2.05, 4.69) is 4.72 Å². The summed E-state index contributed by atoms with van der Waals surface area (Å²) in [6.07, 6.45) is 1.57. The van der Waals surface area contributed by atoms with Gasteiger partial charge in [-0.3, -0.25) is 0 Å². The summed E-state index contributed by atoms with van der Waals surface area (Å²) in [4.78, 5) is 13.4. The van der Waals surface area contributed by atoms with E-state index in [0.29, 0.717) is 14.8 Å². The third-order valence-corrected chi connectivity index (χ3v) is 6.07. The van der Waals surface area contributed by atoms with Crippen molar-refractivity contribution in [2.45, 2.75) is 49.1 Å². The van der Waals surface area contributed by atoms with Crippen LogP contribution in [0.3, 0.4) is 0 Å². The molecule has 0 fully saturated rings. The Bertz CT molecular complexity index is 907. The fraction of sp³-hybridized carbons (Fsp3) is 0.350. The number of esters is 1. The van der Waals surface area contributed by atoms with Crippen molar-refractivity contribution in [1.82, 2.24) is 4.72 Å². The number of carbonyl (C=O) groups is 1. The normalized spacial score (nSPS) is 14.9. The summed E-state index contributed by atoms with van der Waals surface area (Å²) >= 11 is 6.04. The average Bonchev–Trinajstić information content (AvgIpc) is 2.59. The Balaban J connectivity index is 2.34. The van der Waals surface area contributed by atoms with Gasteiger partial charge in [0.05, 0.1) is 32.2 Å². The van der Waals surface area contributed by atoms with Crippen LogP contribution in [0, 0.1) is 0 Å². The van der Waals surface area contributed by atoms with Crippen LogP contribution in [0.2, 0.25) is 5.02 Å². The Morgan fingerprint density at radius 3 is 2.25 bits per heavy atom. The summed E-state index contributed by atoms with van der Waals surface area (Å²) in [5.41, 5.74) is 0.420. The molecule has 1 N–H and O–H groups in total. The van der Waals surface area contributed by atoms with Crippen molar-refractivity contribution in [3.63, 3.8) is 0 Å². The van der Waals surface area contributed by atoms with Crippen molar-refractivity contribution in [2.75, 3.05) is 6.26 Å². The van der Waals surface area contributed by atoms with Crippen LogP contribution in [0.1, 0.15) is 49.7 Å². The summed E-state index contributed by atoms with van der Waals surface area (Å²) in [7, 11) is -2.72. The molecule has 0 heterocycles. The van der Waals surface area contributed by atoms with Gasteiger partial charge in [-0.1, -0.05) is 23.7 Å². The molecule has 3 atom stereocenters. The maximum Gasteiger partial charge on any atom is 0.339 e. The predicted molar refractivity (Wildman–Crippen MR) is 113 cm³/mol. The molecule has 0 saturated heterocycles. The fourth-order valence-electron chi connectivity index (χ4n) is 2.48. The van der Waals surface area contributed by atoms with Crippen LogP contribution in [-0.4, -0.2) is 26.2 Å². The van der Waals surface area contributed by atoms with E-state index in [0.717, 1.165) is 5.56 Å². The molecule has 28 heavy (non-hydrogen) atoms. The Morgan fingerprint density at radius 1 is 1.11 bits per heavy atom. The number of ether oxygens (including phenoxy) is 1. The van der Waals surface area contributed by atoms with Crippen molar-refractivity contribution in [1.29, 1.82) is 0 Å². The Morgan fingerprint density at radius 2 is 1.71 bits per heavy atom. The monoisotopic (exact) mass is 441 g/mol. The predicted octanol–water partition coefficient (Wildman–Crippen LogP) is 4.41. The van der Waals surface area contributed by atoms with E-state index in [1.165, 1.54) is 6.07 Å². The van der Waals surface area contributed by atoms with Crippen molar-refractivity contribution in [3.05, 3.63) is 58.6 Å². The molecule has 8 heteroatoms. The first-order chi connectivity index (χ1) is 13.0. The van der Waals surface area contributed by atoms with E-state index in [1.807, 2.05) is 19.1 Å². The van der Waals surface area contributed by atoms with E-state index in [1.54, 1.807) is 51.3 Å². The first-order valence-corrected chi connectivity index (χ1v) is 11.7. The highest BCUT2D eigenvalue weighted by Crippen LogP contribution is 2.26. The second kappa shape index (κ2) is 9.31. The van der Waals surface area contributed by atoms with Crippen LogP contribution in [0.15, 0.2) is 52.3 Å². The lowest BCUT2D eigenvalue weighted by Crippen LogP contribution is -2.24. The second-order valence-corrected chi connectivity index (χ2v) is 10.3. The van der Waals surface area contributed by atoms with Gasteiger partial charge in [0.25, 0.3) is 0 Å². The van der Waals surface area contributed by atoms with Crippen LogP contribution in [-0.2, 0) is 26.5 Å². The highest BCUT2D eigenvalue weighted by molar-refractivity contribution is 7.85. The highest BCUT2D eigenvalue weighted by Gasteiger charge is 2.23. The van der Waals surface area contributed by atoms with Crippen molar-refractivity contribution >= 4 is 39.4 Å². The first-order valence-electron chi connectivity index (χ1n) is 8.62. The SMILES string of the molecule is C[C@H](NS(C)=O)c1ccc(S(=O)c2ccc(Cl)cc2C(=O)OC(C)(C)C)cc1. The third kappa shape index (κ3) is 6.24. The third-order valence-electron chi connectivity index (χ3n) is 3.70. The topological polar surface area (TPSA) is 72.5 Å². The van der Waals surface area contributed by atoms with Gasteiger partial charge in [0.15, 0.2) is 0 Å². The van der Waals surface area contributed by atoms with Crippen LogP contribution < -0.4 is 4.72 Å². The molecular weight excluding hydrogens is 418 g/mol. The molecule has 0 bridgehead atoms. The first kappa shape index (κ1) is 22.7. The van der Waals surface area contributed by atoms with Crippen molar-refractivity contribution in [2.24, 2.45) is 0 Å². The van der Waals surface area contributed by atoms with Crippen LogP contribution in [0.5, 0.6) is 0 Å². The number of benzene rings is 2. The lowest BCUT2D eigenvalue weighted by molar-refractivity contribution is 0.00653. The molecule has 2 aromatic rings. The molecule has 0 aliphatic heterocycles. The number of rotatable bonds is 6. The quantitative estimate of drug-likeness (QED) is 0.674. The molecule has 2 aromatic carbocycles. The van der Waals surface area contributed by atoms with E-state index in [-0.39, 0.29) is 11.6 Å². The highest BCUT2D eigenvalue weighted by atomic mass is 35.5. The lowest BCUT2D eigenvalue weighted by Gasteiger charge is -2.20. The maximum absolute atomic E-state index is 13.1. The molecule has 2 unspecified atom stereocenters. The molecule has 0 aromatic heterocycles. The number of carbonyl (C=O) groups excluding carboxylic acids is 1. The minimum atomic E-state index is -1.59. The number of halogens is 1. The van der Waals surface area contributed by atoms with Gasteiger partial charge >= 0.3 is 5.97 Å². The molecule has 0 saturated carbocycles. The Kier molecular flexibility index (Phi) is 7.56. The zero-order valence-electron chi connectivity index (χ0n) is 16.4. The summed E-state index contributed by atoms with van der Waals surface area (Å²) < 4.78 is 32.8. The Hall–Kier alpha value is -1.54. The van der Waals surface area contributed by atoms with Gasteiger partial charge in [-0.15, -0.1) is 0 Å². The van der Waals surface area contributed by atoms with Gasteiger partial charge in [-0.2, -0.15) is 0 Å².